The molecule has 1 heterocycles. The number of aromatic nitrogens is 1. The highest BCUT2D eigenvalue weighted by atomic mass is 32.1. The molecular formula is C8H5F3N2S. The number of nitrogens with zero attached hydrogens (tertiary/aromatic N) is 2. The van der Waals surface area contributed by atoms with Crippen molar-refractivity contribution >= 4 is 17.4 Å². The third-order valence-electron chi connectivity index (χ3n) is 1.44. The van der Waals surface area contributed by atoms with E-state index in [9.17, 15) is 13.2 Å². The van der Waals surface area contributed by atoms with Crippen LogP contribution in [-0.4, -0.2) is 10.1 Å². The van der Waals surface area contributed by atoms with Crippen LogP contribution in [0.4, 0.5) is 13.2 Å². The number of alkyl halides is 3. The summed E-state index contributed by atoms with van der Waals surface area (Å²) in [6.45, 7) is 0.203. The minimum absolute atomic E-state index is 0.203. The van der Waals surface area contributed by atoms with Gasteiger partial charge in [0.15, 0.2) is 0 Å². The van der Waals surface area contributed by atoms with Crippen LogP contribution in [0.5, 0.6) is 0 Å². The first-order valence-corrected chi connectivity index (χ1v) is 4.00. The molecule has 1 aromatic heterocycles. The van der Waals surface area contributed by atoms with Crippen LogP contribution in [0.1, 0.15) is 11.3 Å². The summed E-state index contributed by atoms with van der Waals surface area (Å²) >= 11 is 4.32. The van der Waals surface area contributed by atoms with Crippen molar-refractivity contribution in [2.75, 3.05) is 0 Å². The second-order valence-electron chi connectivity index (χ2n) is 2.46. The van der Waals surface area contributed by atoms with Gasteiger partial charge in [0, 0.05) is 6.20 Å². The number of thiocarbonyl (C=S) groups is 1. The summed E-state index contributed by atoms with van der Waals surface area (Å²) in [5.41, 5.74) is -0.345. The molecule has 1 aromatic rings. The van der Waals surface area contributed by atoms with Crippen LogP contribution in [0.2, 0.25) is 0 Å². The lowest BCUT2D eigenvalue weighted by Gasteiger charge is -2.04. The zero-order chi connectivity index (χ0) is 10.6. The second-order valence-corrected chi connectivity index (χ2v) is 2.64. The molecule has 0 spiro atoms. The van der Waals surface area contributed by atoms with Gasteiger partial charge in [-0.15, -0.1) is 0 Å². The van der Waals surface area contributed by atoms with Crippen molar-refractivity contribution < 1.29 is 13.2 Å². The van der Waals surface area contributed by atoms with E-state index >= 15 is 0 Å². The molecule has 0 fully saturated rings. The lowest BCUT2D eigenvalue weighted by Crippen LogP contribution is -2.07. The third-order valence-corrected chi connectivity index (χ3v) is 1.57. The summed E-state index contributed by atoms with van der Waals surface area (Å²) in [6.07, 6.45) is -3.27. The van der Waals surface area contributed by atoms with Gasteiger partial charge in [0.1, 0.15) is 5.69 Å². The fourth-order valence-electron chi connectivity index (χ4n) is 0.809. The molecule has 6 heteroatoms. The van der Waals surface area contributed by atoms with Crippen LogP contribution in [0.15, 0.2) is 23.3 Å². The van der Waals surface area contributed by atoms with Gasteiger partial charge in [0.2, 0.25) is 0 Å². The Bertz CT molecular complexity index is 352. The highest BCUT2D eigenvalue weighted by Gasteiger charge is 2.31. The van der Waals surface area contributed by atoms with Crippen LogP contribution in [-0.2, 0) is 12.7 Å². The Kier molecular flexibility index (Phi) is 3.33. The van der Waals surface area contributed by atoms with Gasteiger partial charge in [0.25, 0.3) is 0 Å². The van der Waals surface area contributed by atoms with E-state index in [1.165, 1.54) is 6.07 Å². The first kappa shape index (κ1) is 10.8. The average Bonchev–Trinajstić information content (AvgIpc) is 2.14. The number of aliphatic imine (C=N–C) groups is 1. The van der Waals surface area contributed by atoms with Crippen LogP contribution in [0.3, 0.4) is 0 Å². The van der Waals surface area contributed by atoms with Crippen molar-refractivity contribution in [2.24, 2.45) is 4.99 Å². The Balaban J connectivity index is 2.83. The quantitative estimate of drug-likeness (QED) is 0.563. The Morgan fingerprint density at radius 3 is 2.57 bits per heavy atom. The number of hydrogen-bond acceptors (Lipinski definition) is 3. The van der Waals surface area contributed by atoms with Gasteiger partial charge in [-0.25, -0.2) is 4.99 Å². The van der Waals surface area contributed by atoms with Gasteiger partial charge < -0.3 is 0 Å². The fourth-order valence-corrected chi connectivity index (χ4v) is 0.874. The van der Waals surface area contributed by atoms with E-state index in [1.54, 1.807) is 0 Å². The van der Waals surface area contributed by atoms with Gasteiger partial charge in [-0.05, 0) is 23.8 Å². The maximum absolute atomic E-state index is 12.1. The topological polar surface area (TPSA) is 25.2 Å². The average molecular weight is 218 g/mol. The molecule has 0 aliphatic heterocycles. The molecule has 0 aromatic carbocycles. The molecule has 0 unspecified atom stereocenters. The number of isothiocyanates is 1. The van der Waals surface area contributed by atoms with Crippen molar-refractivity contribution in [3.05, 3.63) is 29.6 Å². The maximum Gasteiger partial charge on any atom is 0.433 e. The molecule has 0 saturated carbocycles. The zero-order valence-electron chi connectivity index (χ0n) is 6.88. The molecule has 0 aliphatic carbocycles. The second kappa shape index (κ2) is 4.30. The highest BCUT2D eigenvalue weighted by molar-refractivity contribution is 7.78. The molecule has 0 amide bonds. The summed E-state index contributed by atoms with van der Waals surface area (Å²) in [6, 6.07) is 2.22. The minimum Gasteiger partial charge on any atom is -0.251 e. The first-order chi connectivity index (χ1) is 6.54. The van der Waals surface area contributed by atoms with Crippen molar-refractivity contribution in [3.63, 3.8) is 0 Å². The van der Waals surface area contributed by atoms with E-state index in [2.05, 4.69) is 27.4 Å². The maximum atomic E-state index is 12.1. The molecule has 1 rings (SSSR count). The Morgan fingerprint density at radius 2 is 2.14 bits per heavy atom. The van der Waals surface area contributed by atoms with Crippen LogP contribution in [0, 0.1) is 0 Å². The van der Waals surface area contributed by atoms with E-state index in [0.717, 1.165) is 12.3 Å². The van der Waals surface area contributed by atoms with Gasteiger partial charge in [-0.2, -0.15) is 13.2 Å². The molecule has 2 nitrogen and oxygen atoms in total. The molecule has 0 saturated heterocycles. The SMILES string of the molecule is FC(F)(F)c1ccc(CN=C=S)cn1. The van der Waals surface area contributed by atoms with Crippen molar-refractivity contribution in [1.82, 2.24) is 4.98 Å². The summed E-state index contributed by atoms with van der Waals surface area (Å²) < 4.78 is 36.2. The van der Waals surface area contributed by atoms with Gasteiger partial charge >= 0.3 is 6.18 Å². The highest BCUT2D eigenvalue weighted by Crippen LogP contribution is 2.27. The van der Waals surface area contributed by atoms with Gasteiger partial charge in [0.05, 0.1) is 11.7 Å². The van der Waals surface area contributed by atoms with E-state index in [-0.39, 0.29) is 6.54 Å². The van der Waals surface area contributed by atoms with Crippen molar-refractivity contribution in [3.8, 4) is 0 Å². The number of halogens is 3. The van der Waals surface area contributed by atoms with Gasteiger partial charge in [-0.1, -0.05) is 6.07 Å². The summed E-state index contributed by atoms with van der Waals surface area (Å²) in [5, 5.41) is 2.12. The fraction of sp³-hybridized carbons (Fsp3) is 0.250. The molecule has 0 N–H and O–H groups in total. The minimum atomic E-state index is -4.40. The van der Waals surface area contributed by atoms with E-state index in [4.69, 9.17) is 0 Å². The molecule has 14 heavy (non-hydrogen) atoms. The summed E-state index contributed by atoms with van der Waals surface area (Å²) in [7, 11) is 0. The normalized spacial score (nSPS) is 10.8. The molecule has 0 radical (unpaired) electrons. The number of pyridine rings is 1. The molecular weight excluding hydrogens is 213 g/mol. The van der Waals surface area contributed by atoms with Crippen LogP contribution in [0.25, 0.3) is 0 Å². The predicted octanol–water partition coefficient (Wildman–Crippen LogP) is 2.70. The van der Waals surface area contributed by atoms with Gasteiger partial charge in [-0.3, -0.25) is 4.98 Å². The molecule has 74 valence electrons. The van der Waals surface area contributed by atoms with Crippen molar-refractivity contribution in [2.45, 2.75) is 12.7 Å². The molecule has 0 bridgehead atoms. The Hall–Kier alpha value is -1.26. The van der Waals surface area contributed by atoms with E-state index in [1.807, 2.05) is 0 Å². The van der Waals surface area contributed by atoms with Crippen LogP contribution >= 0.6 is 12.2 Å². The smallest absolute Gasteiger partial charge is 0.251 e. The number of rotatable bonds is 2. The Labute approximate surface area is 83.5 Å². The van der Waals surface area contributed by atoms with Crippen molar-refractivity contribution in [1.29, 1.82) is 0 Å². The summed E-state index contributed by atoms with van der Waals surface area (Å²) in [5.74, 6) is 0. The monoisotopic (exact) mass is 218 g/mol. The third kappa shape index (κ3) is 2.90. The Morgan fingerprint density at radius 1 is 1.43 bits per heavy atom. The molecule has 0 atom stereocenters. The lowest BCUT2D eigenvalue weighted by molar-refractivity contribution is -0.141. The van der Waals surface area contributed by atoms with E-state index < -0.39 is 11.9 Å². The molecule has 0 aliphatic rings. The van der Waals surface area contributed by atoms with Crippen LogP contribution < -0.4 is 0 Å². The number of hydrogen-bond donors (Lipinski definition) is 0. The van der Waals surface area contributed by atoms with E-state index in [0.29, 0.717) is 5.56 Å². The predicted molar refractivity (Wildman–Crippen MR) is 48.0 cm³/mol. The largest absolute Gasteiger partial charge is 0.433 e. The lowest BCUT2D eigenvalue weighted by atomic mass is 10.2. The zero-order valence-corrected chi connectivity index (χ0v) is 7.69. The standard InChI is InChI=1S/C8H5F3N2S/c9-8(10,11)7-2-1-6(4-13-7)3-12-5-14/h1-2,4H,3H2. The first-order valence-electron chi connectivity index (χ1n) is 3.60. The summed E-state index contributed by atoms with van der Waals surface area (Å²) in [4.78, 5) is 6.83.